The zero-order chi connectivity index (χ0) is 15.5. The molecule has 1 unspecified atom stereocenters. The Bertz CT molecular complexity index is 375. The van der Waals surface area contributed by atoms with Crippen LogP contribution < -0.4 is 10.6 Å². The lowest BCUT2D eigenvalue weighted by Crippen LogP contribution is -2.15. The number of aromatic nitrogens is 2. The molecular formula is C15H28N4O2. The van der Waals surface area contributed by atoms with Crippen LogP contribution in [0.15, 0.2) is 6.07 Å². The Morgan fingerprint density at radius 1 is 1.24 bits per heavy atom. The number of ether oxygens (including phenoxy) is 1. The molecule has 1 heterocycles. The number of hydrogen-bond acceptors (Lipinski definition) is 6. The second-order valence-electron chi connectivity index (χ2n) is 5.12. The number of rotatable bonds is 11. The second-order valence-corrected chi connectivity index (χ2v) is 5.12. The Balaban J connectivity index is 2.70. The van der Waals surface area contributed by atoms with Crippen LogP contribution in [-0.4, -0.2) is 41.4 Å². The molecule has 0 fully saturated rings. The van der Waals surface area contributed by atoms with E-state index >= 15 is 0 Å². The number of nitrogens with zero attached hydrogens (tertiary/aromatic N) is 2. The molecule has 0 aromatic carbocycles. The normalized spacial score (nSPS) is 12.2. The van der Waals surface area contributed by atoms with Gasteiger partial charge >= 0.3 is 0 Å². The van der Waals surface area contributed by atoms with Crippen LogP contribution in [0.5, 0.6) is 0 Å². The minimum Gasteiger partial charge on any atom is -0.396 e. The van der Waals surface area contributed by atoms with Gasteiger partial charge in [-0.05, 0) is 25.7 Å². The fraction of sp³-hybridized carbons (Fsp3) is 0.733. The van der Waals surface area contributed by atoms with Crippen LogP contribution in [0.4, 0.5) is 11.6 Å². The van der Waals surface area contributed by atoms with E-state index in [0.717, 1.165) is 37.6 Å². The summed E-state index contributed by atoms with van der Waals surface area (Å²) >= 11 is 0. The van der Waals surface area contributed by atoms with Crippen molar-refractivity contribution in [2.75, 3.05) is 36.9 Å². The molecule has 0 aliphatic carbocycles. The summed E-state index contributed by atoms with van der Waals surface area (Å²) in [5, 5.41) is 15.5. The minimum atomic E-state index is 0.214. The van der Waals surface area contributed by atoms with Gasteiger partial charge in [0.15, 0.2) is 5.82 Å². The van der Waals surface area contributed by atoms with E-state index < -0.39 is 0 Å². The van der Waals surface area contributed by atoms with E-state index in [1.54, 1.807) is 0 Å². The zero-order valence-corrected chi connectivity index (χ0v) is 13.4. The maximum Gasteiger partial charge on any atom is 0.158 e. The van der Waals surface area contributed by atoms with Crippen LogP contribution in [0.25, 0.3) is 0 Å². The summed E-state index contributed by atoms with van der Waals surface area (Å²) in [4.78, 5) is 8.91. The SMILES string of the molecule is CCCNc1cc(NCC(C)CCO)nc(COCC)n1. The number of nitrogens with one attached hydrogen (secondary N) is 2. The van der Waals surface area contributed by atoms with Crippen molar-refractivity contribution in [3.05, 3.63) is 11.9 Å². The van der Waals surface area contributed by atoms with Crippen molar-refractivity contribution in [1.82, 2.24) is 9.97 Å². The van der Waals surface area contributed by atoms with Crippen LogP contribution in [0, 0.1) is 5.92 Å². The lowest BCUT2D eigenvalue weighted by molar-refractivity contribution is 0.128. The van der Waals surface area contributed by atoms with Gasteiger partial charge < -0.3 is 20.5 Å². The highest BCUT2D eigenvalue weighted by Crippen LogP contribution is 2.13. The molecule has 0 radical (unpaired) electrons. The molecule has 0 aliphatic rings. The van der Waals surface area contributed by atoms with Crippen molar-refractivity contribution in [3.63, 3.8) is 0 Å². The fourth-order valence-electron chi connectivity index (χ4n) is 1.79. The summed E-state index contributed by atoms with van der Waals surface area (Å²) < 4.78 is 5.38. The quantitative estimate of drug-likeness (QED) is 0.581. The minimum absolute atomic E-state index is 0.214. The predicted octanol–water partition coefficient (Wildman–Crippen LogP) is 2.27. The number of aliphatic hydroxyl groups is 1. The lowest BCUT2D eigenvalue weighted by atomic mass is 10.1. The molecular weight excluding hydrogens is 268 g/mol. The lowest BCUT2D eigenvalue weighted by Gasteiger charge is -2.14. The van der Waals surface area contributed by atoms with Crippen LogP contribution in [-0.2, 0) is 11.3 Å². The smallest absolute Gasteiger partial charge is 0.158 e. The molecule has 6 heteroatoms. The Labute approximate surface area is 127 Å². The topological polar surface area (TPSA) is 79.3 Å². The van der Waals surface area contributed by atoms with Crippen LogP contribution in [0.1, 0.15) is 39.4 Å². The van der Waals surface area contributed by atoms with Gasteiger partial charge in [-0.1, -0.05) is 13.8 Å². The molecule has 0 bridgehead atoms. The highest BCUT2D eigenvalue weighted by atomic mass is 16.5. The average molecular weight is 296 g/mol. The maximum atomic E-state index is 8.94. The van der Waals surface area contributed by atoms with E-state index in [0.29, 0.717) is 25.0 Å². The van der Waals surface area contributed by atoms with Crippen molar-refractivity contribution in [2.24, 2.45) is 5.92 Å². The van der Waals surface area contributed by atoms with Crippen molar-refractivity contribution in [3.8, 4) is 0 Å². The first kappa shape index (κ1) is 17.7. The van der Waals surface area contributed by atoms with Gasteiger partial charge in [0, 0.05) is 32.4 Å². The Hall–Kier alpha value is -1.40. The van der Waals surface area contributed by atoms with Crippen LogP contribution in [0.2, 0.25) is 0 Å². The molecule has 120 valence electrons. The highest BCUT2D eigenvalue weighted by Gasteiger charge is 2.06. The second kappa shape index (κ2) is 10.3. The molecule has 21 heavy (non-hydrogen) atoms. The summed E-state index contributed by atoms with van der Waals surface area (Å²) in [7, 11) is 0. The molecule has 0 aliphatic heterocycles. The molecule has 1 aromatic heterocycles. The van der Waals surface area contributed by atoms with E-state index in [-0.39, 0.29) is 6.61 Å². The number of anilines is 2. The van der Waals surface area contributed by atoms with Gasteiger partial charge in [-0.15, -0.1) is 0 Å². The van der Waals surface area contributed by atoms with Gasteiger partial charge in [-0.3, -0.25) is 0 Å². The molecule has 3 N–H and O–H groups in total. The molecule has 0 saturated carbocycles. The maximum absolute atomic E-state index is 8.94. The zero-order valence-electron chi connectivity index (χ0n) is 13.4. The molecule has 1 aromatic rings. The summed E-state index contributed by atoms with van der Waals surface area (Å²) in [6, 6.07) is 1.91. The standard InChI is InChI=1S/C15H28N4O2/c1-4-7-16-13-9-14(17-10-12(3)6-8-20)19-15(18-13)11-21-5-2/h9,12,20H,4-8,10-11H2,1-3H3,(H2,16,17,18,19). The third-order valence-electron chi connectivity index (χ3n) is 3.02. The van der Waals surface area contributed by atoms with Crippen molar-refractivity contribution in [1.29, 1.82) is 0 Å². The van der Waals surface area contributed by atoms with Crippen molar-refractivity contribution in [2.45, 2.75) is 40.2 Å². The van der Waals surface area contributed by atoms with E-state index in [1.165, 1.54) is 0 Å². The summed E-state index contributed by atoms with van der Waals surface area (Å²) in [5.41, 5.74) is 0. The van der Waals surface area contributed by atoms with Gasteiger partial charge in [-0.2, -0.15) is 0 Å². The molecule has 0 spiro atoms. The first-order valence-corrected chi connectivity index (χ1v) is 7.73. The van der Waals surface area contributed by atoms with Crippen LogP contribution in [0.3, 0.4) is 0 Å². The monoisotopic (exact) mass is 296 g/mol. The Kier molecular flexibility index (Phi) is 8.69. The Morgan fingerprint density at radius 3 is 2.57 bits per heavy atom. The Morgan fingerprint density at radius 2 is 1.95 bits per heavy atom. The molecule has 0 amide bonds. The van der Waals surface area contributed by atoms with E-state index in [2.05, 4.69) is 34.4 Å². The van der Waals surface area contributed by atoms with Gasteiger partial charge in [-0.25, -0.2) is 9.97 Å². The van der Waals surface area contributed by atoms with E-state index in [4.69, 9.17) is 9.84 Å². The van der Waals surface area contributed by atoms with Gasteiger partial charge in [0.2, 0.25) is 0 Å². The average Bonchev–Trinajstić information content (AvgIpc) is 2.49. The summed E-state index contributed by atoms with van der Waals surface area (Å²) in [6.07, 6.45) is 1.83. The molecule has 6 nitrogen and oxygen atoms in total. The molecule has 1 rings (SSSR count). The summed E-state index contributed by atoms with van der Waals surface area (Å²) in [5.74, 6) is 2.68. The predicted molar refractivity (Wildman–Crippen MR) is 85.5 cm³/mol. The largest absolute Gasteiger partial charge is 0.396 e. The highest BCUT2D eigenvalue weighted by molar-refractivity contribution is 5.47. The fourth-order valence-corrected chi connectivity index (χ4v) is 1.79. The molecule has 1 atom stereocenters. The first-order chi connectivity index (χ1) is 10.2. The van der Waals surface area contributed by atoms with E-state index in [1.807, 2.05) is 13.0 Å². The summed E-state index contributed by atoms with van der Waals surface area (Å²) in [6.45, 7) is 9.10. The first-order valence-electron chi connectivity index (χ1n) is 7.73. The molecule has 0 saturated heterocycles. The third-order valence-corrected chi connectivity index (χ3v) is 3.02. The number of hydrogen-bond donors (Lipinski definition) is 3. The van der Waals surface area contributed by atoms with Crippen LogP contribution >= 0.6 is 0 Å². The van der Waals surface area contributed by atoms with Crippen molar-refractivity contribution < 1.29 is 9.84 Å². The van der Waals surface area contributed by atoms with Gasteiger partial charge in [0.05, 0.1) is 0 Å². The van der Waals surface area contributed by atoms with Gasteiger partial charge in [0.25, 0.3) is 0 Å². The van der Waals surface area contributed by atoms with Gasteiger partial charge in [0.1, 0.15) is 18.2 Å². The third kappa shape index (κ3) is 7.24. The number of aliphatic hydroxyl groups excluding tert-OH is 1. The van der Waals surface area contributed by atoms with E-state index in [9.17, 15) is 0 Å². The van der Waals surface area contributed by atoms with Crippen molar-refractivity contribution >= 4 is 11.6 Å².